The van der Waals surface area contributed by atoms with Crippen molar-refractivity contribution in [1.82, 2.24) is 14.7 Å². The Kier molecular flexibility index (Phi) is 4.54. The first-order valence-electron chi connectivity index (χ1n) is 5.63. The highest BCUT2D eigenvalue weighted by Gasteiger charge is 2.24. The molecule has 17 heavy (non-hydrogen) atoms. The summed E-state index contributed by atoms with van der Waals surface area (Å²) in [4.78, 5) is 14.0. The van der Waals surface area contributed by atoms with Gasteiger partial charge in [0.15, 0.2) is 0 Å². The highest BCUT2D eigenvalue weighted by Crippen LogP contribution is 2.14. The lowest BCUT2D eigenvalue weighted by Crippen LogP contribution is -2.45. The van der Waals surface area contributed by atoms with Gasteiger partial charge >= 0.3 is 0 Å². The summed E-state index contributed by atoms with van der Waals surface area (Å²) in [5, 5.41) is 4.18. The number of halogens is 1. The molecule has 0 radical (unpaired) electrons. The van der Waals surface area contributed by atoms with Gasteiger partial charge in [0.2, 0.25) is 0 Å². The molecule has 1 fully saturated rings. The van der Waals surface area contributed by atoms with Crippen molar-refractivity contribution >= 4 is 18.3 Å². The average molecular weight is 259 g/mol. The molecule has 1 aliphatic rings. The van der Waals surface area contributed by atoms with E-state index in [0.717, 1.165) is 25.1 Å². The van der Waals surface area contributed by atoms with Crippen molar-refractivity contribution in [1.29, 1.82) is 0 Å². The molecule has 1 atom stereocenters. The zero-order valence-corrected chi connectivity index (χ0v) is 11.0. The van der Waals surface area contributed by atoms with Crippen LogP contribution in [0.1, 0.15) is 28.9 Å². The van der Waals surface area contributed by atoms with E-state index in [2.05, 4.69) is 5.10 Å². The van der Waals surface area contributed by atoms with Gasteiger partial charge in [0, 0.05) is 32.4 Å². The second-order valence-electron chi connectivity index (χ2n) is 4.46. The first-order chi connectivity index (χ1) is 7.58. The molecule has 6 heteroatoms. The predicted molar refractivity (Wildman–Crippen MR) is 68.3 cm³/mol. The monoisotopic (exact) mass is 258 g/mol. The molecule has 1 unspecified atom stereocenters. The van der Waals surface area contributed by atoms with Crippen LogP contribution in [-0.4, -0.2) is 39.7 Å². The van der Waals surface area contributed by atoms with E-state index in [1.165, 1.54) is 0 Å². The molecule has 2 N–H and O–H groups in total. The third kappa shape index (κ3) is 2.98. The number of hydrogen-bond donors (Lipinski definition) is 1. The van der Waals surface area contributed by atoms with Crippen molar-refractivity contribution < 1.29 is 4.79 Å². The summed E-state index contributed by atoms with van der Waals surface area (Å²) in [5.74, 6) is 0.0563. The van der Waals surface area contributed by atoms with Gasteiger partial charge in [-0.25, -0.2) is 0 Å². The molecule has 0 bridgehead atoms. The highest BCUT2D eigenvalue weighted by molar-refractivity contribution is 5.95. The third-order valence-electron chi connectivity index (χ3n) is 2.99. The van der Waals surface area contributed by atoms with Crippen LogP contribution in [0.4, 0.5) is 0 Å². The minimum atomic E-state index is 0. The van der Waals surface area contributed by atoms with Gasteiger partial charge in [0.25, 0.3) is 5.91 Å². The number of likely N-dealkylation sites (tertiary alicyclic amines) is 1. The van der Waals surface area contributed by atoms with Crippen LogP contribution in [-0.2, 0) is 7.05 Å². The SMILES string of the molecule is Cc1nn(C)cc1C(=O)N1CCCC(N)C1.Cl. The Morgan fingerprint density at radius 1 is 1.59 bits per heavy atom. The molecule has 2 rings (SSSR count). The Morgan fingerprint density at radius 2 is 2.29 bits per heavy atom. The average Bonchev–Trinajstić information content (AvgIpc) is 2.57. The zero-order valence-electron chi connectivity index (χ0n) is 10.2. The quantitative estimate of drug-likeness (QED) is 0.807. The molecule has 0 aromatic carbocycles. The van der Waals surface area contributed by atoms with Crippen LogP contribution in [0.3, 0.4) is 0 Å². The summed E-state index contributed by atoms with van der Waals surface area (Å²) in [5.41, 5.74) is 7.34. The maximum atomic E-state index is 12.2. The van der Waals surface area contributed by atoms with E-state index in [0.29, 0.717) is 12.1 Å². The van der Waals surface area contributed by atoms with E-state index in [1.807, 2.05) is 18.9 Å². The van der Waals surface area contributed by atoms with Crippen LogP contribution in [0.15, 0.2) is 6.20 Å². The lowest BCUT2D eigenvalue weighted by atomic mass is 10.1. The molecule has 1 saturated heterocycles. The van der Waals surface area contributed by atoms with E-state index < -0.39 is 0 Å². The summed E-state index contributed by atoms with van der Waals surface area (Å²) in [7, 11) is 1.83. The number of hydrogen-bond acceptors (Lipinski definition) is 3. The molecule has 1 aromatic heterocycles. The highest BCUT2D eigenvalue weighted by atomic mass is 35.5. The van der Waals surface area contributed by atoms with Crippen LogP contribution in [0.2, 0.25) is 0 Å². The largest absolute Gasteiger partial charge is 0.337 e. The van der Waals surface area contributed by atoms with Crippen LogP contribution in [0.25, 0.3) is 0 Å². The molecular weight excluding hydrogens is 240 g/mol. The molecular formula is C11H19ClN4O. The number of aryl methyl sites for hydroxylation is 2. The van der Waals surface area contributed by atoms with E-state index in [9.17, 15) is 4.79 Å². The second-order valence-corrected chi connectivity index (χ2v) is 4.46. The maximum Gasteiger partial charge on any atom is 0.257 e. The molecule has 0 saturated carbocycles. The first-order valence-corrected chi connectivity index (χ1v) is 5.63. The van der Waals surface area contributed by atoms with Crippen molar-refractivity contribution in [2.75, 3.05) is 13.1 Å². The minimum Gasteiger partial charge on any atom is -0.337 e. The van der Waals surface area contributed by atoms with Crippen molar-refractivity contribution in [3.63, 3.8) is 0 Å². The van der Waals surface area contributed by atoms with E-state index in [-0.39, 0.29) is 24.4 Å². The molecule has 2 heterocycles. The lowest BCUT2D eigenvalue weighted by Gasteiger charge is -2.30. The molecule has 1 amide bonds. The number of amides is 1. The Labute approximate surface area is 107 Å². The number of aromatic nitrogens is 2. The van der Waals surface area contributed by atoms with Crippen LogP contribution in [0, 0.1) is 6.92 Å². The number of nitrogens with zero attached hydrogens (tertiary/aromatic N) is 3. The number of carbonyl (C=O) groups excluding carboxylic acids is 1. The van der Waals surface area contributed by atoms with Crippen LogP contribution >= 0.6 is 12.4 Å². The maximum absolute atomic E-state index is 12.2. The van der Waals surface area contributed by atoms with Gasteiger partial charge in [-0.2, -0.15) is 5.10 Å². The van der Waals surface area contributed by atoms with Gasteiger partial charge in [0.1, 0.15) is 0 Å². The standard InChI is InChI=1S/C11H18N4O.ClH/c1-8-10(7-14(2)13-8)11(16)15-5-3-4-9(12)6-15;/h7,9H,3-6,12H2,1-2H3;1H. The van der Waals surface area contributed by atoms with Crippen molar-refractivity contribution in [3.8, 4) is 0 Å². The Balaban J connectivity index is 0.00000144. The summed E-state index contributed by atoms with van der Waals surface area (Å²) in [6.07, 6.45) is 3.78. The topological polar surface area (TPSA) is 64.2 Å². The summed E-state index contributed by atoms with van der Waals surface area (Å²) in [6.45, 7) is 3.32. The molecule has 5 nitrogen and oxygen atoms in total. The fourth-order valence-corrected chi connectivity index (χ4v) is 2.17. The smallest absolute Gasteiger partial charge is 0.257 e. The molecule has 0 spiro atoms. The Morgan fingerprint density at radius 3 is 2.82 bits per heavy atom. The van der Waals surface area contributed by atoms with Crippen LogP contribution in [0.5, 0.6) is 0 Å². The number of carbonyl (C=O) groups is 1. The van der Waals surface area contributed by atoms with E-state index >= 15 is 0 Å². The Bertz CT molecular complexity index is 404. The van der Waals surface area contributed by atoms with Gasteiger partial charge in [-0.05, 0) is 19.8 Å². The van der Waals surface area contributed by atoms with Crippen molar-refractivity contribution in [3.05, 3.63) is 17.5 Å². The third-order valence-corrected chi connectivity index (χ3v) is 2.99. The van der Waals surface area contributed by atoms with Gasteiger partial charge < -0.3 is 10.6 Å². The number of rotatable bonds is 1. The Hall–Kier alpha value is -1.07. The summed E-state index contributed by atoms with van der Waals surface area (Å²) in [6, 6.07) is 0.120. The van der Waals surface area contributed by atoms with Crippen molar-refractivity contribution in [2.45, 2.75) is 25.8 Å². The normalized spacial score (nSPS) is 19.9. The molecule has 1 aliphatic heterocycles. The lowest BCUT2D eigenvalue weighted by molar-refractivity contribution is 0.0708. The summed E-state index contributed by atoms with van der Waals surface area (Å²) < 4.78 is 1.67. The van der Waals surface area contributed by atoms with Gasteiger partial charge in [0.05, 0.1) is 11.3 Å². The van der Waals surface area contributed by atoms with Gasteiger partial charge in [-0.3, -0.25) is 9.48 Å². The first kappa shape index (κ1) is 14.0. The number of piperidine rings is 1. The van der Waals surface area contributed by atoms with Gasteiger partial charge in [-0.15, -0.1) is 12.4 Å². The van der Waals surface area contributed by atoms with Gasteiger partial charge in [-0.1, -0.05) is 0 Å². The fourth-order valence-electron chi connectivity index (χ4n) is 2.17. The molecule has 0 aliphatic carbocycles. The van der Waals surface area contributed by atoms with Crippen LogP contribution < -0.4 is 5.73 Å². The van der Waals surface area contributed by atoms with E-state index in [4.69, 9.17) is 5.73 Å². The fraction of sp³-hybridized carbons (Fsp3) is 0.636. The predicted octanol–water partition coefficient (Wildman–Crippen LogP) is 0.714. The minimum absolute atomic E-state index is 0. The molecule has 1 aromatic rings. The zero-order chi connectivity index (χ0) is 11.7. The number of nitrogens with two attached hydrogens (primary N) is 1. The van der Waals surface area contributed by atoms with Crippen molar-refractivity contribution in [2.24, 2.45) is 12.8 Å². The van der Waals surface area contributed by atoms with E-state index in [1.54, 1.807) is 10.9 Å². The summed E-state index contributed by atoms with van der Waals surface area (Å²) >= 11 is 0. The molecule has 96 valence electrons. The second kappa shape index (κ2) is 5.51.